The van der Waals surface area contributed by atoms with Crippen LogP contribution < -0.4 is 10.1 Å². The van der Waals surface area contributed by atoms with E-state index in [1.54, 1.807) is 26.2 Å². The number of dihydropyridines is 1. The molecule has 0 amide bonds. The first kappa shape index (κ1) is 25.7. The third-order valence-corrected chi connectivity index (χ3v) is 7.49. The molecule has 0 aromatic heterocycles. The normalized spacial score (nSPS) is 23.1. The van der Waals surface area contributed by atoms with Gasteiger partial charge in [0.15, 0.2) is 5.78 Å². The number of nitro benzene ring substituents is 1. The van der Waals surface area contributed by atoms with E-state index in [4.69, 9.17) is 14.2 Å². The largest absolute Gasteiger partial charge is 0.496 e. The van der Waals surface area contributed by atoms with Gasteiger partial charge in [-0.3, -0.25) is 14.9 Å². The molecule has 2 aliphatic heterocycles. The maximum absolute atomic E-state index is 13.8. The quantitative estimate of drug-likeness (QED) is 0.319. The fourth-order valence-electron chi connectivity index (χ4n) is 5.68. The van der Waals surface area contributed by atoms with Crippen LogP contribution in [0.1, 0.15) is 55.6 Å². The predicted molar refractivity (Wildman–Crippen MR) is 139 cm³/mol. The zero-order valence-electron chi connectivity index (χ0n) is 21.4. The van der Waals surface area contributed by atoms with Crippen molar-refractivity contribution in [2.24, 2.45) is 0 Å². The van der Waals surface area contributed by atoms with Crippen LogP contribution in [0.2, 0.25) is 0 Å². The second-order valence-corrected chi connectivity index (χ2v) is 9.84. The van der Waals surface area contributed by atoms with Crippen LogP contribution in [0.25, 0.3) is 0 Å². The second-order valence-electron chi connectivity index (χ2n) is 9.84. The Morgan fingerprint density at radius 2 is 1.92 bits per heavy atom. The Morgan fingerprint density at radius 1 is 1.16 bits per heavy atom. The summed E-state index contributed by atoms with van der Waals surface area (Å²) >= 11 is 0. The maximum Gasteiger partial charge on any atom is 0.336 e. The Hall–Kier alpha value is -3.98. The van der Waals surface area contributed by atoms with Gasteiger partial charge < -0.3 is 19.5 Å². The lowest BCUT2D eigenvalue weighted by atomic mass is 9.71. The molecule has 9 heteroatoms. The topological polar surface area (TPSA) is 117 Å². The summed E-state index contributed by atoms with van der Waals surface area (Å²) in [6.45, 7) is 2.58. The number of hydrogen-bond acceptors (Lipinski definition) is 8. The molecule has 1 fully saturated rings. The number of carbonyl (C=O) groups is 2. The standard InChI is InChI=1S/C29H30N2O7/c1-17-26(29(33)38-16-21-6-5-13-37-21)27(18-9-11-20(12-10-18)31(34)35)28-23(30-17)14-19(15-24(28)32)22-7-3-4-8-25(22)36-2/h3-4,7-12,19,21,27,30H,5-6,13-16H2,1-2H3/t19-,21-,27-/m0/s1. The van der Waals surface area contributed by atoms with Gasteiger partial charge in [-0.05, 0) is 43.4 Å². The number of esters is 1. The number of rotatable bonds is 7. The molecule has 0 bridgehead atoms. The minimum Gasteiger partial charge on any atom is -0.496 e. The number of methoxy groups -OCH3 is 1. The summed E-state index contributed by atoms with van der Waals surface area (Å²) in [6.07, 6.45) is 2.42. The summed E-state index contributed by atoms with van der Waals surface area (Å²) in [6, 6.07) is 13.7. The zero-order chi connectivity index (χ0) is 26.8. The van der Waals surface area contributed by atoms with Gasteiger partial charge in [-0.1, -0.05) is 30.3 Å². The number of nitrogens with one attached hydrogen (secondary N) is 1. The number of non-ortho nitro benzene ring substituents is 1. The van der Waals surface area contributed by atoms with Crippen LogP contribution in [0, 0.1) is 10.1 Å². The van der Waals surface area contributed by atoms with E-state index in [2.05, 4.69) is 5.32 Å². The van der Waals surface area contributed by atoms with Crippen LogP contribution in [0.4, 0.5) is 5.69 Å². The lowest BCUT2D eigenvalue weighted by molar-refractivity contribution is -0.384. The highest BCUT2D eigenvalue weighted by Crippen LogP contribution is 2.47. The molecule has 0 unspecified atom stereocenters. The lowest BCUT2D eigenvalue weighted by Crippen LogP contribution is -2.36. The van der Waals surface area contributed by atoms with Gasteiger partial charge in [-0.2, -0.15) is 0 Å². The summed E-state index contributed by atoms with van der Waals surface area (Å²) < 4.78 is 16.8. The maximum atomic E-state index is 13.8. The molecular formula is C29H30N2O7. The highest BCUT2D eigenvalue weighted by molar-refractivity contribution is 6.04. The van der Waals surface area contributed by atoms with Crippen molar-refractivity contribution in [1.29, 1.82) is 0 Å². The second kappa shape index (κ2) is 10.8. The van der Waals surface area contributed by atoms with Gasteiger partial charge in [-0.25, -0.2) is 4.79 Å². The van der Waals surface area contributed by atoms with Crippen molar-refractivity contribution in [3.8, 4) is 5.75 Å². The van der Waals surface area contributed by atoms with Crippen molar-refractivity contribution in [2.75, 3.05) is 20.3 Å². The molecule has 1 N–H and O–H groups in total. The smallest absolute Gasteiger partial charge is 0.336 e. The molecular weight excluding hydrogens is 488 g/mol. The molecule has 2 aromatic carbocycles. The van der Waals surface area contributed by atoms with Crippen LogP contribution in [0.15, 0.2) is 71.1 Å². The molecule has 9 nitrogen and oxygen atoms in total. The van der Waals surface area contributed by atoms with Gasteiger partial charge in [-0.15, -0.1) is 0 Å². The molecule has 1 aliphatic carbocycles. The van der Waals surface area contributed by atoms with Gasteiger partial charge in [0.2, 0.25) is 0 Å². The Morgan fingerprint density at radius 3 is 2.61 bits per heavy atom. The van der Waals surface area contributed by atoms with Gasteiger partial charge in [0, 0.05) is 54.0 Å². The molecule has 2 aromatic rings. The first-order valence-corrected chi connectivity index (χ1v) is 12.8. The van der Waals surface area contributed by atoms with Gasteiger partial charge in [0.1, 0.15) is 12.4 Å². The molecule has 0 radical (unpaired) electrons. The highest BCUT2D eigenvalue weighted by atomic mass is 16.6. The Bertz CT molecular complexity index is 1320. The number of nitro groups is 1. The monoisotopic (exact) mass is 518 g/mol. The van der Waals surface area contributed by atoms with Crippen molar-refractivity contribution < 1.29 is 28.7 Å². The molecule has 0 saturated carbocycles. The lowest BCUT2D eigenvalue weighted by Gasteiger charge is -2.37. The molecule has 3 aliphatic rings. The van der Waals surface area contributed by atoms with E-state index in [9.17, 15) is 19.7 Å². The average molecular weight is 519 g/mol. The van der Waals surface area contributed by atoms with Crippen LogP contribution in [-0.4, -0.2) is 43.1 Å². The predicted octanol–water partition coefficient (Wildman–Crippen LogP) is 4.69. The van der Waals surface area contributed by atoms with E-state index in [0.29, 0.717) is 35.4 Å². The van der Waals surface area contributed by atoms with Crippen LogP contribution >= 0.6 is 0 Å². The first-order chi connectivity index (χ1) is 18.4. The Balaban J connectivity index is 1.52. The zero-order valence-corrected chi connectivity index (χ0v) is 21.4. The SMILES string of the molecule is COc1ccccc1[C@@H]1CC(=O)C2=C(C1)NC(C)=C(C(=O)OC[C@@H]1CCCO1)[C@@H]2c1ccc([N+](=O)[O-])cc1. The van der Waals surface area contributed by atoms with Gasteiger partial charge in [0.05, 0.1) is 23.7 Å². The van der Waals surface area contributed by atoms with Crippen LogP contribution in [0.5, 0.6) is 5.75 Å². The summed E-state index contributed by atoms with van der Waals surface area (Å²) in [7, 11) is 1.61. The van der Waals surface area contributed by atoms with Crippen molar-refractivity contribution >= 4 is 17.4 Å². The third-order valence-electron chi connectivity index (χ3n) is 7.49. The summed E-state index contributed by atoms with van der Waals surface area (Å²) in [4.78, 5) is 38.0. The van der Waals surface area contributed by atoms with Gasteiger partial charge >= 0.3 is 5.97 Å². The van der Waals surface area contributed by atoms with Gasteiger partial charge in [0.25, 0.3) is 5.69 Å². The summed E-state index contributed by atoms with van der Waals surface area (Å²) in [5.74, 6) is -0.684. The van der Waals surface area contributed by atoms with Crippen LogP contribution in [0.3, 0.4) is 0 Å². The number of benzene rings is 2. The average Bonchev–Trinajstić information content (AvgIpc) is 3.44. The van der Waals surface area contributed by atoms with Crippen molar-refractivity contribution in [3.63, 3.8) is 0 Å². The number of ether oxygens (including phenoxy) is 3. The fourth-order valence-corrected chi connectivity index (χ4v) is 5.68. The minimum absolute atomic E-state index is 0.0636. The van der Waals surface area contributed by atoms with E-state index in [1.165, 1.54) is 12.1 Å². The summed E-state index contributed by atoms with van der Waals surface area (Å²) in [5, 5.41) is 14.6. The van der Waals surface area contributed by atoms with E-state index in [1.807, 2.05) is 24.3 Å². The number of para-hydroxylation sites is 1. The third kappa shape index (κ3) is 4.93. The molecule has 2 heterocycles. The molecule has 1 saturated heterocycles. The van der Waals surface area contributed by atoms with Crippen molar-refractivity contribution in [3.05, 3.63) is 92.3 Å². The highest BCUT2D eigenvalue weighted by Gasteiger charge is 2.42. The molecule has 198 valence electrons. The number of carbonyl (C=O) groups excluding carboxylic acids is 2. The van der Waals surface area contributed by atoms with E-state index in [0.717, 1.165) is 29.9 Å². The number of nitrogens with zero attached hydrogens (tertiary/aromatic N) is 1. The Labute approximate surface area is 220 Å². The van der Waals surface area contributed by atoms with E-state index >= 15 is 0 Å². The number of Topliss-reactive ketones (excluding diaryl/α,β-unsaturated/α-hetero) is 1. The van der Waals surface area contributed by atoms with Crippen molar-refractivity contribution in [2.45, 2.75) is 50.5 Å². The molecule has 3 atom stereocenters. The molecule has 0 spiro atoms. The Kier molecular flexibility index (Phi) is 7.28. The van der Waals surface area contributed by atoms with E-state index < -0.39 is 16.8 Å². The fraction of sp³-hybridized carbons (Fsp3) is 0.379. The number of allylic oxidation sites excluding steroid dienone is 3. The van der Waals surface area contributed by atoms with E-state index in [-0.39, 0.29) is 36.5 Å². The first-order valence-electron chi connectivity index (χ1n) is 12.8. The summed E-state index contributed by atoms with van der Waals surface area (Å²) in [5.41, 5.74) is 3.68. The molecule has 38 heavy (non-hydrogen) atoms. The molecule has 5 rings (SSSR count). The number of ketones is 1. The minimum atomic E-state index is -0.699. The van der Waals surface area contributed by atoms with Crippen LogP contribution in [-0.2, 0) is 19.1 Å². The van der Waals surface area contributed by atoms with Crippen molar-refractivity contribution in [1.82, 2.24) is 5.32 Å². The number of hydrogen-bond donors (Lipinski definition) is 1.